The zero-order valence-corrected chi connectivity index (χ0v) is 13.6. The summed E-state index contributed by atoms with van der Waals surface area (Å²) in [5.74, 6) is 1.14. The second kappa shape index (κ2) is 5.72. The van der Waals surface area contributed by atoms with E-state index in [4.69, 9.17) is 9.15 Å². The predicted octanol–water partition coefficient (Wildman–Crippen LogP) is 2.67. The molecule has 0 atom stereocenters. The highest BCUT2D eigenvalue weighted by atomic mass is 16.5. The maximum Gasteiger partial charge on any atom is 0.336 e. The van der Waals surface area contributed by atoms with Crippen LogP contribution in [-0.2, 0) is 13.0 Å². The molecule has 0 unspecified atom stereocenters. The number of aryl methyl sites for hydroxylation is 1. The van der Waals surface area contributed by atoms with Crippen LogP contribution >= 0.6 is 0 Å². The molecule has 24 heavy (non-hydrogen) atoms. The maximum atomic E-state index is 11.6. The van der Waals surface area contributed by atoms with Gasteiger partial charge >= 0.3 is 5.63 Å². The number of hydrogen-bond acceptors (Lipinski definition) is 6. The molecule has 2 aromatic heterocycles. The fraction of sp³-hybridized carbons (Fsp3) is 0.278. The Balaban J connectivity index is 1.74. The number of benzene rings is 1. The van der Waals surface area contributed by atoms with Gasteiger partial charge in [-0.1, -0.05) is 0 Å². The molecule has 1 aliphatic heterocycles. The monoisotopic (exact) mass is 323 g/mol. The van der Waals surface area contributed by atoms with Crippen LogP contribution in [0.3, 0.4) is 0 Å². The topological polar surface area (TPSA) is 68.5 Å². The van der Waals surface area contributed by atoms with Gasteiger partial charge in [0.25, 0.3) is 0 Å². The molecule has 6 nitrogen and oxygen atoms in total. The second-order valence-electron chi connectivity index (χ2n) is 6.10. The summed E-state index contributed by atoms with van der Waals surface area (Å²) in [5, 5.41) is 0.895. The molecule has 0 spiro atoms. The van der Waals surface area contributed by atoms with E-state index in [2.05, 4.69) is 21.9 Å². The molecule has 0 radical (unpaired) electrons. The summed E-state index contributed by atoms with van der Waals surface area (Å²) in [6.45, 7) is 3.62. The molecule has 0 saturated heterocycles. The third-order valence-corrected chi connectivity index (χ3v) is 4.29. The second-order valence-corrected chi connectivity index (χ2v) is 6.10. The van der Waals surface area contributed by atoms with Gasteiger partial charge in [0, 0.05) is 37.0 Å². The molecule has 3 heterocycles. The Bertz CT molecular complexity index is 981. The van der Waals surface area contributed by atoms with Crippen LogP contribution in [0.4, 0.5) is 0 Å². The van der Waals surface area contributed by atoms with Crippen LogP contribution in [0.1, 0.15) is 16.8 Å². The first-order chi connectivity index (χ1) is 11.6. The van der Waals surface area contributed by atoms with Gasteiger partial charge in [-0.2, -0.15) is 0 Å². The molecule has 3 aromatic rings. The van der Waals surface area contributed by atoms with Gasteiger partial charge in [0.1, 0.15) is 17.7 Å². The highest BCUT2D eigenvalue weighted by Gasteiger charge is 2.20. The van der Waals surface area contributed by atoms with E-state index in [1.54, 1.807) is 6.07 Å². The minimum atomic E-state index is -0.363. The van der Waals surface area contributed by atoms with Crippen molar-refractivity contribution >= 4 is 11.0 Å². The van der Waals surface area contributed by atoms with Gasteiger partial charge in [-0.15, -0.1) is 0 Å². The molecule has 0 amide bonds. The first kappa shape index (κ1) is 14.8. The first-order valence-electron chi connectivity index (χ1n) is 7.84. The lowest BCUT2D eigenvalue weighted by atomic mass is 10.1. The molecular formula is C18H17N3O3. The summed E-state index contributed by atoms with van der Waals surface area (Å²) in [6.07, 6.45) is 2.42. The SMILES string of the molecule is Cc1cc(=O)oc2cc(Oc3ncnc4c3CN(C)CC4)ccc12. The molecule has 1 aromatic carbocycles. The molecule has 122 valence electrons. The normalized spacial score (nSPS) is 14.6. The van der Waals surface area contributed by atoms with E-state index in [0.29, 0.717) is 17.2 Å². The minimum absolute atomic E-state index is 0.363. The van der Waals surface area contributed by atoms with Crippen LogP contribution < -0.4 is 10.4 Å². The lowest BCUT2D eigenvalue weighted by Gasteiger charge is -2.25. The van der Waals surface area contributed by atoms with Crippen LogP contribution in [0.2, 0.25) is 0 Å². The van der Waals surface area contributed by atoms with E-state index in [1.807, 2.05) is 19.1 Å². The Morgan fingerprint density at radius 2 is 2.12 bits per heavy atom. The number of hydrogen-bond donors (Lipinski definition) is 0. The zero-order chi connectivity index (χ0) is 16.7. The Morgan fingerprint density at radius 1 is 1.25 bits per heavy atom. The van der Waals surface area contributed by atoms with Gasteiger partial charge in [-0.25, -0.2) is 14.8 Å². The van der Waals surface area contributed by atoms with Gasteiger partial charge in [0.2, 0.25) is 5.88 Å². The van der Waals surface area contributed by atoms with Crippen molar-refractivity contribution in [3.05, 3.63) is 57.8 Å². The van der Waals surface area contributed by atoms with Crippen LogP contribution in [0.5, 0.6) is 11.6 Å². The first-order valence-corrected chi connectivity index (χ1v) is 7.84. The fourth-order valence-corrected chi connectivity index (χ4v) is 3.02. The Morgan fingerprint density at radius 3 is 3.00 bits per heavy atom. The van der Waals surface area contributed by atoms with Crippen LogP contribution in [-0.4, -0.2) is 28.5 Å². The minimum Gasteiger partial charge on any atom is -0.438 e. The molecule has 0 N–H and O–H groups in total. The highest BCUT2D eigenvalue weighted by Crippen LogP contribution is 2.30. The van der Waals surface area contributed by atoms with Crippen LogP contribution in [0.15, 0.2) is 39.8 Å². The summed E-state index contributed by atoms with van der Waals surface area (Å²) >= 11 is 0. The van der Waals surface area contributed by atoms with E-state index >= 15 is 0 Å². The largest absolute Gasteiger partial charge is 0.438 e. The van der Waals surface area contributed by atoms with Gasteiger partial charge in [0.05, 0.1) is 11.3 Å². The quantitative estimate of drug-likeness (QED) is 0.675. The van der Waals surface area contributed by atoms with Gasteiger partial charge < -0.3 is 14.1 Å². The van der Waals surface area contributed by atoms with E-state index in [9.17, 15) is 4.79 Å². The summed E-state index contributed by atoms with van der Waals surface area (Å²) in [5.41, 5.74) is 3.07. The molecule has 0 aliphatic carbocycles. The summed E-state index contributed by atoms with van der Waals surface area (Å²) < 4.78 is 11.2. The standard InChI is InChI=1S/C18H17N3O3/c1-11-7-17(22)24-16-8-12(3-4-13(11)16)23-18-14-9-21(2)6-5-15(14)19-10-20-18/h3-4,7-8,10H,5-6,9H2,1-2H3. The van der Waals surface area contributed by atoms with Crippen molar-refractivity contribution < 1.29 is 9.15 Å². The number of aromatic nitrogens is 2. The molecular weight excluding hydrogens is 306 g/mol. The molecule has 0 fully saturated rings. The lowest BCUT2D eigenvalue weighted by molar-refractivity contribution is 0.300. The average molecular weight is 323 g/mol. The van der Waals surface area contributed by atoms with Gasteiger partial charge in [-0.3, -0.25) is 0 Å². The summed E-state index contributed by atoms with van der Waals surface area (Å²) in [6, 6.07) is 6.96. The van der Waals surface area contributed by atoms with Crippen molar-refractivity contribution in [3.63, 3.8) is 0 Å². The van der Waals surface area contributed by atoms with Crippen molar-refractivity contribution in [1.82, 2.24) is 14.9 Å². The van der Waals surface area contributed by atoms with Crippen molar-refractivity contribution in [2.75, 3.05) is 13.6 Å². The van der Waals surface area contributed by atoms with Crippen LogP contribution in [0.25, 0.3) is 11.0 Å². The molecule has 0 bridgehead atoms. The summed E-state index contributed by atoms with van der Waals surface area (Å²) in [7, 11) is 2.06. The van der Waals surface area contributed by atoms with Crippen molar-refractivity contribution in [3.8, 4) is 11.6 Å². The number of rotatable bonds is 2. The predicted molar refractivity (Wildman–Crippen MR) is 89.4 cm³/mol. The van der Waals surface area contributed by atoms with E-state index in [1.165, 1.54) is 12.4 Å². The highest BCUT2D eigenvalue weighted by molar-refractivity contribution is 5.81. The third-order valence-electron chi connectivity index (χ3n) is 4.29. The van der Waals surface area contributed by atoms with Gasteiger partial charge in [0.15, 0.2) is 0 Å². The van der Waals surface area contributed by atoms with E-state index in [-0.39, 0.29) is 5.63 Å². The third kappa shape index (κ3) is 2.65. The number of likely N-dealkylation sites (N-methyl/N-ethyl adjacent to an activating group) is 1. The molecule has 0 saturated carbocycles. The van der Waals surface area contributed by atoms with Crippen molar-refractivity contribution in [1.29, 1.82) is 0 Å². The molecule has 4 rings (SSSR count). The molecule has 6 heteroatoms. The summed E-state index contributed by atoms with van der Waals surface area (Å²) in [4.78, 5) is 22.4. The van der Waals surface area contributed by atoms with E-state index in [0.717, 1.165) is 41.7 Å². The van der Waals surface area contributed by atoms with Gasteiger partial charge in [-0.05, 0) is 31.7 Å². The fourth-order valence-electron chi connectivity index (χ4n) is 3.02. The number of nitrogens with zero attached hydrogens (tertiary/aromatic N) is 3. The van der Waals surface area contributed by atoms with Crippen LogP contribution in [0, 0.1) is 6.92 Å². The lowest BCUT2D eigenvalue weighted by Crippen LogP contribution is -2.27. The van der Waals surface area contributed by atoms with Crippen molar-refractivity contribution in [2.45, 2.75) is 19.9 Å². The number of fused-ring (bicyclic) bond motifs is 2. The molecule has 1 aliphatic rings. The average Bonchev–Trinajstić information content (AvgIpc) is 2.55. The number of ether oxygens (including phenoxy) is 1. The maximum absolute atomic E-state index is 11.6. The Hall–Kier alpha value is -2.73. The smallest absolute Gasteiger partial charge is 0.336 e. The van der Waals surface area contributed by atoms with Crippen molar-refractivity contribution in [2.24, 2.45) is 0 Å². The Labute approximate surface area is 138 Å². The zero-order valence-electron chi connectivity index (χ0n) is 13.6. The van der Waals surface area contributed by atoms with E-state index < -0.39 is 0 Å². The Kier molecular flexibility index (Phi) is 3.54.